The average molecular weight is 564 g/mol. The zero-order valence-corrected chi connectivity index (χ0v) is 25.5. The third kappa shape index (κ3) is 10.0. The summed E-state index contributed by atoms with van der Waals surface area (Å²) in [7, 11) is 0. The summed E-state index contributed by atoms with van der Waals surface area (Å²) in [5.41, 5.74) is 8.81. The van der Waals surface area contributed by atoms with Gasteiger partial charge in [-0.2, -0.15) is 0 Å². The Morgan fingerprint density at radius 1 is 1.12 bits per heavy atom. The summed E-state index contributed by atoms with van der Waals surface area (Å²) in [6.07, 6.45) is 13.9. The lowest BCUT2D eigenvalue weighted by atomic mass is 9.84. The fraction of sp³-hybridized carbons (Fsp3) is 0.515. The number of rotatable bonds is 2. The number of benzene rings is 1. The molecule has 3 aliphatic heterocycles. The van der Waals surface area contributed by atoms with Gasteiger partial charge in [0.1, 0.15) is 19.0 Å². The number of carbonyl (C=O) groups is 1. The van der Waals surface area contributed by atoms with Crippen molar-refractivity contribution in [2.24, 2.45) is 17.6 Å². The van der Waals surface area contributed by atoms with E-state index in [1.54, 1.807) is 6.20 Å². The van der Waals surface area contributed by atoms with Crippen LogP contribution >= 0.6 is 0 Å². The summed E-state index contributed by atoms with van der Waals surface area (Å²) in [5.74, 6) is 4.41. The number of hydrogen-bond acceptors (Lipinski definition) is 7. The van der Waals surface area contributed by atoms with Crippen molar-refractivity contribution in [2.75, 3.05) is 25.1 Å². The van der Waals surface area contributed by atoms with Gasteiger partial charge in [0.05, 0.1) is 17.4 Å². The number of nitrogens with zero attached hydrogens (tertiary/aromatic N) is 1. The average Bonchev–Trinajstić information content (AvgIpc) is 2.98. The van der Waals surface area contributed by atoms with E-state index in [2.05, 4.69) is 85.2 Å². The molecule has 1 aliphatic carbocycles. The molecule has 1 fully saturated rings. The number of ether oxygens (including phenoxy) is 2. The van der Waals surface area contributed by atoms with Gasteiger partial charge in [-0.1, -0.05) is 72.1 Å². The number of anilines is 1. The molecule has 1 amide bonds. The summed E-state index contributed by atoms with van der Waals surface area (Å²) in [6, 6.07) is 6.81. The molecule has 8 heteroatoms. The number of amides is 1. The van der Waals surface area contributed by atoms with Gasteiger partial charge in [0.2, 0.25) is 5.91 Å². The highest BCUT2D eigenvalue weighted by atomic mass is 16.5. The number of primary amides is 1. The molecule has 2 aromatic rings. The minimum atomic E-state index is -0.333. The van der Waals surface area contributed by atoms with E-state index in [1.807, 2.05) is 6.08 Å². The van der Waals surface area contributed by atoms with Crippen molar-refractivity contribution in [3.8, 4) is 5.75 Å². The first-order valence-corrected chi connectivity index (χ1v) is 15.0. The second-order valence-electron chi connectivity index (χ2n) is 11.2. The maximum absolute atomic E-state index is 9.22. The predicted molar refractivity (Wildman–Crippen MR) is 168 cm³/mol. The molecule has 224 valence electrons. The predicted octanol–water partition coefficient (Wildman–Crippen LogP) is 6.15. The van der Waals surface area contributed by atoms with Crippen molar-refractivity contribution in [3.63, 3.8) is 0 Å². The summed E-state index contributed by atoms with van der Waals surface area (Å²) >= 11 is 0. The summed E-state index contributed by atoms with van der Waals surface area (Å²) < 4.78 is 11.0. The minimum Gasteiger partial charge on any atom is -0.488 e. The second kappa shape index (κ2) is 15.9. The smallest absolute Gasteiger partial charge is 0.214 e. The number of carbonyl (C=O) groups excluding carboxylic acids is 1. The van der Waals surface area contributed by atoms with Gasteiger partial charge in [-0.15, -0.1) is 0 Å². The first-order valence-electron chi connectivity index (χ1n) is 15.0. The van der Waals surface area contributed by atoms with Crippen molar-refractivity contribution < 1.29 is 14.3 Å². The van der Waals surface area contributed by atoms with Gasteiger partial charge in [-0.3, -0.25) is 9.78 Å². The highest BCUT2D eigenvalue weighted by Crippen LogP contribution is 2.34. The molecule has 5 N–H and O–H groups in total. The molecule has 1 atom stereocenters. The number of aryl methyl sites for hydroxylation is 1. The van der Waals surface area contributed by atoms with Crippen LogP contribution in [0.15, 0.2) is 60.4 Å². The van der Waals surface area contributed by atoms with Gasteiger partial charge in [0, 0.05) is 30.6 Å². The zero-order chi connectivity index (χ0) is 29.8. The number of nitrogens with one attached hydrogen (secondary N) is 3. The lowest BCUT2D eigenvalue weighted by molar-refractivity contribution is -0.115. The molecule has 41 heavy (non-hydrogen) atoms. The van der Waals surface area contributed by atoms with E-state index in [0.29, 0.717) is 19.3 Å². The van der Waals surface area contributed by atoms with Gasteiger partial charge < -0.3 is 31.2 Å². The van der Waals surface area contributed by atoms with Gasteiger partial charge in [0.15, 0.2) is 11.5 Å². The molecule has 1 aromatic carbocycles. The molecule has 1 saturated carbocycles. The number of fused-ring (bicyclic) bond motifs is 3. The van der Waals surface area contributed by atoms with Crippen LogP contribution in [0.1, 0.15) is 72.3 Å². The molecule has 6 rings (SSSR count). The Labute approximate surface area is 245 Å². The molecular weight excluding hydrogens is 514 g/mol. The highest BCUT2D eigenvalue weighted by Gasteiger charge is 2.19. The Hall–Kier alpha value is -3.68. The molecule has 4 heterocycles. The molecule has 0 spiro atoms. The van der Waals surface area contributed by atoms with Gasteiger partial charge >= 0.3 is 0 Å². The van der Waals surface area contributed by atoms with Crippen LogP contribution < -0.4 is 26.4 Å². The van der Waals surface area contributed by atoms with E-state index in [-0.39, 0.29) is 5.91 Å². The standard InChI is InChI=1S/C13H14N2O.C10H14N2O.C8H16.C2H5NO/c1-2-9-3-4-11-10(7-9)13-12(8-15-11)16-6-5-14-13;1-3-8-4-5-9-10(12-8)11-7(2)6-13-9;1-7-3-5-8(2)6-4-7;1-2(3)4/h3-4,7-8,14H,2,5-6H2,1H3;4-5,8,11-12H,2-3,6H2,1H3;7-8H,3-6H2,1-2H3;1H3,(H2,3,4). The topological polar surface area (TPSA) is 111 Å². The molecular formula is C33H49N5O3. The van der Waals surface area contributed by atoms with Gasteiger partial charge in [0.25, 0.3) is 0 Å². The molecule has 0 saturated heterocycles. The third-order valence-corrected chi connectivity index (χ3v) is 7.47. The first kappa shape index (κ1) is 31.8. The second-order valence-corrected chi connectivity index (χ2v) is 11.2. The van der Waals surface area contributed by atoms with E-state index >= 15 is 0 Å². The van der Waals surface area contributed by atoms with Crippen LogP contribution in [0, 0.1) is 11.8 Å². The fourth-order valence-corrected chi connectivity index (χ4v) is 4.92. The Balaban J connectivity index is 0.000000166. The summed E-state index contributed by atoms with van der Waals surface area (Å²) in [5, 5.41) is 11.1. The largest absolute Gasteiger partial charge is 0.488 e. The van der Waals surface area contributed by atoms with Crippen LogP contribution in [-0.2, 0) is 16.0 Å². The number of nitrogens with two attached hydrogens (primary N) is 1. The number of allylic oxidation sites excluding steroid dienone is 1. The van der Waals surface area contributed by atoms with Gasteiger partial charge in [-0.25, -0.2) is 0 Å². The first-order chi connectivity index (χ1) is 19.7. The number of dihydropyridines is 1. The molecule has 1 aromatic heterocycles. The van der Waals surface area contributed by atoms with Crippen molar-refractivity contribution in [3.05, 3.63) is 66.0 Å². The Bertz CT molecular complexity index is 1210. The monoisotopic (exact) mass is 563 g/mol. The summed E-state index contributed by atoms with van der Waals surface area (Å²) in [4.78, 5) is 13.6. The molecule has 8 nitrogen and oxygen atoms in total. The number of pyridine rings is 1. The molecule has 1 unspecified atom stereocenters. The van der Waals surface area contributed by atoms with Crippen LogP contribution in [0.5, 0.6) is 5.75 Å². The third-order valence-electron chi connectivity index (χ3n) is 7.47. The van der Waals surface area contributed by atoms with E-state index in [4.69, 9.17) is 9.47 Å². The Morgan fingerprint density at radius 3 is 2.44 bits per heavy atom. The SMILES string of the molecule is C=C1COC2=C(N1)NC(CC)C=C2.CC(N)=O.CC1CCC(C)CC1.CCc1ccc2ncc3c(c2c1)NCCO3. The lowest BCUT2D eigenvalue weighted by Gasteiger charge is -2.29. The van der Waals surface area contributed by atoms with Crippen LogP contribution in [0.25, 0.3) is 10.9 Å². The van der Waals surface area contributed by atoms with Crippen molar-refractivity contribution in [2.45, 2.75) is 79.2 Å². The molecule has 4 aliphatic rings. The van der Waals surface area contributed by atoms with Crippen LogP contribution in [0.4, 0.5) is 5.69 Å². The van der Waals surface area contributed by atoms with Crippen molar-refractivity contribution in [1.29, 1.82) is 0 Å². The molecule has 0 bridgehead atoms. The fourth-order valence-electron chi connectivity index (χ4n) is 4.92. The minimum absolute atomic E-state index is 0.333. The highest BCUT2D eigenvalue weighted by molar-refractivity contribution is 5.95. The quantitative estimate of drug-likeness (QED) is 0.347. The lowest BCUT2D eigenvalue weighted by Crippen LogP contribution is -2.39. The van der Waals surface area contributed by atoms with E-state index in [0.717, 1.165) is 70.8 Å². The number of hydrogen-bond donors (Lipinski definition) is 4. The van der Waals surface area contributed by atoms with Crippen LogP contribution in [0.3, 0.4) is 0 Å². The van der Waals surface area contributed by atoms with Crippen molar-refractivity contribution >= 4 is 22.5 Å². The maximum Gasteiger partial charge on any atom is 0.214 e. The van der Waals surface area contributed by atoms with Crippen molar-refractivity contribution in [1.82, 2.24) is 15.6 Å². The summed E-state index contributed by atoms with van der Waals surface area (Å²) in [6.45, 7) is 16.3. The Morgan fingerprint density at radius 2 is 1.80 bits per heavy atom. The zero-order valence-electron chi connectivity index (χ0n) is 25.5. The van der Waals surface area contributed by atoms with E-state index in [1.165, 1.54) is 38.2 Å². The van der Waals surface area contributed by atoms with Crippen LogP contribution in [0.2, 0.25) is 0 Å². The maximum atomic E-state index is 9.22. The Kier molecular flexibility index (Phi) is 12.4. The van der Waals surface area contributed by atoms with E-state index in [9.17, 15) is 4.79 Å². The van der Waals surface area contributed by atoms with E-state index < -0.39 is 0 Å². The van der Waals surface area contributed by atoms with Gasteiger partial charge in [-0.05, 0) is 48.4 Å². The van der Waals surface area contributed by atoms with Crippen LogP contribution in [-0.4, -0.2) is 36.7 Å². The number of aromatic nitrogens is 1. The molecule has 0 radical (unpaired) electrons. The normalized spacial score (nSPS) is 22.1.